The molecule has 3 rings (SSSR count). The lowest BCUT2D eigenvalue weighted by molar-refractivity contribution is 0.0909. The fraction of sp³-hybridized carbons (Fsp3) is 0.500. The zero-order chi connectivity index (χ0) is 15.7. The smallest absolute Gasteiger partial charge is 0.268 e. The highest BCUT2D eigenvalue weighted by Gasteiger charge is 2.23. The highest BCUT2D eigenvalue weighted by Crippen LogP contribution is 2.24. The number of amides is 1. The third kappa shape index (κ3) is 3.17. The molecule has 1 aliphatic heterocycles. The van der Waals surface area contributed by atoms with Gasteiger partial charge in [-0.05, 0) is 39.3 Å². The molecule has 2 aromatic rings. The number of ether oxygens (including phenoxy) is 1. The molecule has 0 radical (unpaired) electrons. The number of carbonyl (C=O) groups excluding carboxylic acids is 1. The van der Waals surface area contributed by atoms with Crippen LogP contribution in [-0.2, 0) is 11.3 Å². The monoisotopic (exact) mass is 300 g/mol. The molecule has 1 N–H and O–H groups in total. The van der Waals surface area contributed by atoms with Crippen molar-refractivity contribution in [1.29, 1.82) is 0 Å². The van der Waals surface area contributed by atoms with E-state index < -0.39 is 0 Å². The fourth-order valence-electron chi connectivity index (χ4n) is 2.99. The van der Waals surface area contributed by atoms with Crippen LogP contribution in [0.4, 0.5) is 0 Å². The van der Waals surface area contributed by atoms with Crippen molar-refractivity contribution in [2.75, 3.05) is 13.2 Å². The Morgan fingerprint density at radius 1 is 1.36 bits per heavy atom. The first kappa shape index (κ1) is 15.1. The van der Waals surface area contributed by atoms with E-state index in [0.717, 1.165) is 42.8 Å². The molecule has 1 aliphatic rings. The van der Waals surface area contributed by atoms with E-state index in [2.05, 4.69) is 22.0 Å². The number of aromatic nitrogens is 1. The first-order valence-corrected chi connectivity index (χ1v) is 7.92. The van der Waals surface area contributed by atoms with Crippen molar-refractivity contribution in [2.24, 2.45) is 5.92 Å². The first-order chi connectivity index (χ1) is 10.4. The quantitative estimate of drug-likeness (QED) is 0.946. The van der Waals surface area contributed by atoms with Crippen LogP contribution in [0, 0.1) is 5.92 Å². The normalized spacial score (nSPS) is 18.8. The molecule has 118 valence electrons. The summed E-state index contributed by atoms with van der Waals surface area (Å²) in [4.78, 5) is 12.7. The van der Waals surface area contributed by atoms with Gasteiger partial charge in [-0.25, -0.2) is 0 Å². The molecule has 4 heteroatoms. The molecule has 1 aromatic carbocycles. The Hall–Kier alpha value is -1.81. The van der Waals surface area contributed by atoms with Crippen molar-refractivity contribution in [2.45, 2.75) is 39.3 Å². The van der Waals surface area contributed by atoms with Crippen LogP contribution in [0.2, 0.25) is 0 Å². The van der Waals surface area contributed by atoms with Crippen LogP contribution in [0.5, 0.6) is 0 Å². The van der Waals surface area contributed by atoms with E-state index >= 15 is 0 Å². The van der Waals surface area contributed by atoms with Gasteiger partial charge in [-0.1, -0.05) is 18.2 Å². The van der Waals surface area contributed by atoms with Crippen LogP contribution >= 0.6 is 0 Å². The Balaban J connectivity index is 1.98. The molecule has 22 heavy (non-hydrogen) atoms. The van der Waals surface area contributed by atoms with Crippen LogP contribution in [-0.4, -0.2) is 29.2 Å². The van der Waals surface area contributed by atoms with E-state index in [0.29, 0.717) is 5.92 Å². The molecule has 2 heterocycles. The molecule has 1 unspecified atom stereocenters. The second-order valence-electron chi connectivity index (χ2n) is 7.13. The number of hydrogen-bond donors (Lipinski definition) is 1. The Labute approximate surface area is 131 Å². The third-order valence-corrected chi connectivity index (χ3v) is 4.00. The lowest BCUT2D eigenvalue weighted by Crippen LogP contribution is -2.41. The number of fused-ring (bicyclic) bond motifs is 1. The lowest BCUT2D eigenvalue weighted by Gasteiger charge is -2.22. The molecular formula is C18H24N2O2. The number of hydrogen-bond acceptors (Lipinski definition) is 2. The number of carbonyl (C=O) groups is 1. The molecular weight excluding hydrogens is 276 g/mol. The Kier molecular flexibility index (Phi) is 3.96. The molecule has 1 saturated heterocycles. The van der Waals surface area contributed by atoms with Crippen molar-refractivity contribution in [3.8, 4) is 0 Å². The van der Waals surface area contributed by atoms with E-state index in [1.807, 2.05) is 39.0 Å². The van der Waals surface area contributed by atoms with Crippen molar-refractivity contribution < 1.29 is 9.53 Å². The van der Waals surface area contributed by atoms with Gasteiger partial charge in [-0.3, -0.25) is 4.79 Å². The van der Waals surface area contributed by atoms with Gasteiger partial charge < -0.3 is 14.6 Å². The average molecular weight is 300 g/mol. The van der Waals surface area contributed by atoms with Gasteiger partial charge in [0, 0.05) is 35.5 Å². The van der Waals surface area contributed by atoms with Gasteiger partial charge in [0.25, 0.3) is 5.91 Å². The van der Waals surface area contributed by atoms with E-state index in [4.69, 9.17) is 4.74 Å². The summed E-state index contributed by atoms with van der Waals surface area (Å²) in [5.41, 5.74) is 1.62. The van der Waals surface area contributed by atoms with E-state index in [1.54, 1.807) is 0 Å². The zero-order valence-corrected chi connectivity index (χ0v) is 13.6. The first-order valence-electron chi connectivity index (χ1n) is 7.92. The van der Waals surface area contributed by atoms with Crippen LogP contribution in [0.3, 0.4) is 0 Å². The van der Waals surface area contributed by atoms with Gasteiger partial charge in [0.05, 0.1) is 6.61 Å². The molecule has 4 nitrogen and oxygen atoms in total. The van der Waals surface area contributed by atoms with Crippen LogP contribution in [0.15, 0.2) is 30.3 Å². The van der Waals surface area contributed by atoms with Crippen molar-refractivity contribution in [3.05, 3.63) is 36.0 Å². The zero-order valence-electron chi connectivity index (χ0n) is 13.6. The van der Waals surface area contributed by atoms with Gasteiger partial charge in [-0.2, -0.15) is 0 Å². The highest BCUT2D eigenvalue weighted by molar-refractivity contribution is 5.99. The van der Waals surface area contributed by atoms with Gasteiger partial charge in [0.2, 0.25) is 0 Å². The van der Waals surface area contributed by atoms with Gasteiger partial charge in [0.15, 0.2) is 0 Å². The van der Waals surface area contributed by atoms with Crippen molar-refractivity contribution in [3.63, 3.8) is 0 Å². The highest BCUT2D eigenvalue weighted by atomic mass is 16.5. The summed E-state index contributed by atoms with van der Waals surface area (Å²) in [6.45, 7) is 8.45. The summed E-state index contributed by atoms with van der Waals surface area (Å²) in [5, 5.41) is 4.18. The molecule has 1 atom stereocenters. The number of para-hydroxylation sites is 1. The second-order valence-corrected chi connectivity index (χ2v) is 7.13. The maximum absolute atomic E-state index is 12.7. The minimum Gasteiger partial charge on any atom is -0.381 e. The standard InChI is InChI=1S/C18H24N2O2/c1-18(2,3)19-17(21)16-10-14-6-4-5-7-15(14)20(16)11-13-8-9-22-12-13/h4-7,10,13H,8-9,11-12H2,1-3H3,(H,19,21). The van der Waals surface area contributed by atoms with Gasteiger partial charge in [-0.15, -0.1) is 0 Å². The van der Waals surface area contributed by atoms with Crippen molar-refractivity contribution >= 4 is 16.8 Å². The lowest BCUT2D eigenvalue weighted by atomic mass is 10.1. The van der Waals surface area contributed by atoms with Crippen LogP contribution < -0.4 is 5.32 Å². The summed E-state index contributed by atoms with van der Waals surface area (Å²) >= 11 is 0. The Bertz CT molecular complexity index is 676. The molecule has 1 fully saturated rings. The number of nitrogens with one attached hydrogen (secondary N) is 1. The number of nitrogens with zero attached hydrogens (tertiary/aromatic N) is 1. The summed E-state index contributed by atoms with van der Waals surface area (Å²) in [6.07, 6.45) is 1.06. The molecule has 0 aliphatic carbocycles. The second kappa shape index (κ2) is 5.76. The largest absolute Gasteiger partial charge is 0.381 e. The molecule has 1 aromatic heterocycles. The minimum absolute atomic E-state index is 0.0115. The summed E-state index contributed by atoms with van der Waals surface area (Å²) < 4.78 is 7.63. The number of rotatable bonds is 3. The maximum Gasteiger partial charge on any atom is 0.268 e. The predicted molar refractivity (Wildman–Crippen MR) is 88.1 cm³/mol. The van der Waals surface area contributed by atoms with Crippen LogP contribution in [0.25, 0.3) is 10.9 Å². The third-order valence-electron chi connectivity index (χ3n) is 4.00. The van der Waals surface area contributed by atoms with E-state index in [-0.39, 0.29) is 11.4 Å². The fourth-order valence-corrected chi connectivity index (χ4v) is 2.99. The van der Waals surface area contributed by atoms with E-state index in [9.17, 15) is 4.79 Å². The average Bonchev–Trinajstić information content (AvgIpc) is 3.06. The number of benzene rings is 1. The van der Waals surface area contributed by atoms with Gasteiger partial charge >= 0.3 is 0 Å². The van der Waals surface area contributed by atoms with Crippen LogP contribution in [0.1, 0.15) is 37.7 Å². The molecule has 0 spiro atoms. The SMILES string of the molecule is CC(C)(C)NC(=O)c1cc2ccccc2n1CC1CCOC1. The molecule has 1 amide bonds. The van der Waals surface area contributed by atoms with Gasteiger partial charge in [0.1, 0.15) is 5.69 Å². The minimum atomic E-state index is -0.241. The summed E-state index contributed by atoms with van der Waals surface area (Å²) in [7, 11) is 0. The Morgan fingerprint density at radius 2 is 2.14 bits per heavy atom. The Morgan fingerprint density at radius 3 is 2.82 bits per heavy atom. The summed E-state index contributed by atoms with van der Waals surface area (Å²) in [5.74, 6) is 0.472. The maximum atomic E-state index is 12.7. The van der Waals surface area contributed by atoms with E-state index in [1.165, 1.54) is 0 Å². The molecule has 0 bridgehead atoms. The molecule has 0 saturated carbocycles. The predicted octanol–water partition coefficient (Wildman–Crippen LogP) is 3.21. The topological polar surface area (TPSA) is 43.3 Å². The van der Waals surface area contributed by atoms with Crippen molar-refractivity contribution in [1.82, 2.24) is 9.88 Å². The summed E-state index contributed by atoms with van der Waals surface area (Å²) in [6, 6.07) is 10.2.